The molecule has 1 aromatic heterocycles. The molecule has 1 N–H and O–H groups in total. The van der Waals surface area contributed by atoms with Crippen LogP contribution in [0.3, 0.4) is 0 Å². The number of nitrogens with one attached hydrogen (secondary N) is 1. The minimum absolute atomic E-state index is 0.00747. The Morgan fingerprint density at radius 1 is 1.22 bits per heavy atom. The number of aromatic nitrogens is 1. The van der Waals surface area contributed by atoms with Gasteiger partial charge in [0, 0.05) is 0 Å². The normalized spacial score (nSPS) is 13.8. The van der Waals surface area contributed by atoms with E-state index in [1.807, 2.05) is 0 Å². The molecule has 118 valence electrons. The zero-order valence-electron chi connectivity index (χ0n) is 11.8. The molecule has 1 fully saturated rings. The van der Waals surface area contributed by atoms with Crippen molar-refractivity contribution in [2.24, 2.45) is 0 Å². The number of cyclic esters (lactones) is 1. The summed E-state index contributed by atoms with van der Waals surface area (Å²) in [4.78, 5) is 29.4. The van der Waals surface area contributed by atoms with Crippen molar-refractivity contribution in [2.75, 3.05) is 23.4 Å². The third-order valence-electron chi connectivity index (χ3n) is 3.26. The second-order valence-electron chi connectivity index (χ2n) is 4.71. The van der Waals surface area contributed by atoms with Gasteiger partial charge in [0.2, 0.25) is 0 Å². The first-order valence-corrected chi connectivity index (χ1v) is 7.48. The summed E-state index contributed by atoms with van der Waals surface area (Å²) in [6, 6.07) is 9.90. The lowest BCUT2D eigenvalue weighted by Gasteiger charge is -2.17. The number of rotatable bonds is 3. The van der Waals surface area contributed by atoms with Crippen LogP contribution in [0.25, 0.3) is 0 Å². The number of anilines is 2. The van der Waals surface area contributed by atoms with E-state index >= 15 is 0 Å². The Morgan fingerprint density at radius 3 is 2.70 bits per heavy atom. The Balaban J connectivity index is 1.88. The summed E-state index contributed by atoms with van der Waals surface area (Å²) in [5.41, 5.74) is 1.22. The van der Waals surface area contributed by atoms with Crippen LogP contribution in [-0.2, 0) is 4.74 Å². The van der Waals surface area contributed by atoms with Gasteiger partial charge in [-0.1, -0.05) is 35.3 Å². The highest BCUT2D eigenvalue weighted by Gasteiger charge is 2.26. The van der Waals surface area contributed by atoms with Crippen LogP contribution >= 0.6 is 23.2 Å². The molecule has 0 atom stereocenters. The first-order chi connectivity index (χ1) is 11.1. The largest absolute Gasteiger partial charge is 0.447 e. The van der Waals surface area contributed by atoms with Crippen molar-refractivity contribution in [3.8, 4) is 0 Å². The van der Waals surface area contributed by atoms with Crippen molar-refractivity contribution < 1.29 is 14.3 Å². The quantitative estimate of drug-likeness (QED) is 0.857. The van der Waals surface area contributed by atoms with E-state index in [0.717, 1.165) is 0 Å². The van der Waals surface area contributed by atoms with Crippen LogP contribution in [0.15, 0.2) is 36.4 Å². The second-order valence-corrected chi connectivity index (χ2v) is 5.45. The average Bonchev–Trinajstić information content (AvgIpc) is 2.93. The Morgan fingerprint density at radius 2 is 2.00 bits per heavy atom. The van der Waals surface area contributed by atoms with Crippen molar-refractivity contribution in [2.45, 2.75) is 0 Å². The molecule has 2 heterocycles. The summed E-state index contributed by atoms with van der Waals surface area (Å²) >= 11 is 11.7. The second kappa shape index (κ2) is 6.44. The summed E-state index contributed by atoms with van der Waals surface area (Å²) in [5.74, 6) is -0.445. The van der Waals surface area contributed by atoms with Gasteiger partial charge in [0.25, 0.3) is 5.91 Å². The first-order valence-electron chi connectivity index (χ1n) is 6.73. The average molecular weight is 352 g/mol. The van der Waals surface area contributed by atoms with Gasteiger partial charge in [0.1, 0.15) is 16.9 Å². The first kappa shape index (κ1) is 15.6. The third-order valence-corrected chi connectivity index (χ3v) is 3.76. The molecule has 23 heavy (non-hydrogen) atoms. The number of hydrogen-bond acceptors (Lipinski definition) is 4. The molecule has 1 saturated heterocycles. The Labute approximate surface area is 142 Å². The van der Waals surface area contributed by atoms with Crippen LogP contribution in [-0.4, -0.2) is 30.1 Å². The van der Waals surface area contributed by atoms with Crippen LogP contribution in [0.2, 0.25) is 10.3 Å². The van der Waals surface area contributed by atoms with Crippen LogP contribution in [0.1, 0.15) is 10.4 Å². The zero-order valence-corrected chi connectivity index (χ0v) is 13.3. The van der Waals surface area contributed by atoms with Gasteiger partial charge in [-0.15, -0.1) is 0 Å². The van der Waals surface area contributed by atoms with Crippen molar-refractivity contribution in [3.05, 3.63) is 52.3 Å². The minimum atomic E-state index is -0.446. The fraction of sp³-hybridized carbons (Fsp3) is 0.133. The summed E-state index contributed by atoms with van der Waals surface area (Å²) in [5, 5.41) is 2.94. The number of carbonyl (C=O) groups excluding carboxylic acids is 2. The highest BCUT2D eigenvalue weighted by Crippen LogP contribution is 2.29. The molecule has 1 aromatic carbocycles. The molecule has 1 aliphatic heterocycles. The van der Waals surface area contributed by atoms with E-state index in [-0.39, 0.29) is 15.9 Å². The predicted molar refractivity (Wildman–Crippen MR) is 87.3 cm³/mol. The number of benzene rings is 1. The molecular formula is C15H11Cl2N3O3. The number of ether oxygens (including phenoxy) is 1. The molecular weight excluding hydrogens is 341 g/mol. The molecule has 3 rings (SSSR count). The standard InChI is InChI=1S/C15H11Cl2N3O3/c16-12-6-5-9(13(17)19-12)14(21)18-10-3-1-2-4-11(10)20-7-8-23-15(20)22/h1-6H,7-8H2,(H,18,21). The number of carbonyl (C=O) groups is 2. The fourth-order valence-electron chi connectivity index (χ4n) is 2.20. The molecule has 2 amide bonds. The lowest BCUT2D eigenvalue weighted by Crippen LogP contribution is -2.25. The number of halogens is 2. The summed E-state index contributed by atoms with van der Waals surface area (Å²) in [6.45, 7) is 0.739. The molecule has 0 aliphatic carbocycles. The van der Waals surface area contributed by atoms with Crippen molar-refractivity contribution in [1.82, 2.24) is 4.98 Å². The van der Waals surface area contributed by atoms with Gasteiger partial charge in [-0.3, -0.25) is 9.69 Å². The predicted octanol–water partition coefficient (Wildman–Crippen LogP) is 3.60. The van der Waals surface area contributed by atoms with Crippen LogP contribution in [0.4, 0.5) is 16.2 Å². The number of pyridine rings is 1. The summed E-state index contributed by atoms with van der Waals surface area (Å²) in [6.07, 6.45) is -0.446. The lowest BCUT2D eigenvalue weighted by molar-refractivity contribution is 0.102. The van der Waals surface area contributed by atoms with E-state index in [4.69, 9.17) is 27.9 Å². The van der Waals surface area contributed by atoms with Crippen LogP contribution in [0.5, 0.6) is 0 Å². The number of para-hydroxylation sites is 2. The molecule has 0 unspecified atom stereocenters. The van der Waals surface area contributed by atoms with Gasteiger partial charge >= 0.3 is 6.09 Å². The maximum absolute atomic E-state index is 12.4. The molecule has 0 radical (unpaired) electrons. The molecule has 0 bridgehead atoms. The molecule has 0 spiro atoms. The van der Waals surface area contributed by atoms with Crippen molar-refractivity contribution in [1.29, 1.82) is 0 Å². The van der Waals surface area contributed by atoms with E-state index < -0.39 is 12.0 Å². The number of nitrogens with zero attached hydrogens (tertiary/aromatic N) is 2. The summed E-state index contributed by atoms with van der Waals surface area (Å²) < 4.78 is 4.93. The van der Waals surface area contributed by atoms with Gasteiger partial charge in [0.15, 0.2) is 0 Å². The Hall–Kier alpha value is -2.31. The van der Waals surface area contributed by atoms with E-state index in [9.17, 15) is 9.59 Å². The Bertz CT molecular complexity index is 782. The SMILES string of the molecule is O=C(Nc1ccccc1N1CCOC1=O)c1ccc(Cl)nc1Cl. The van der Waals surface area contributed by atoms with Crippen molar-refractivity contribution in [3.63, 3.8) is 0 Å². The van der Waals surface area contributed by atoms with Gasteiger partial charge in [-0.2, -0.15) is 0 Å². The highest BCUT2D eigenvalue weighted by atomic mass is 35.5. The number of hydrogen-bond donors (Lipinski definition) is 1. The third kappa shape index (κ3) is 3.23. The molecule has 8 heteroatoms. The van der Waals surface area contributed by atoms with E-state index in [2.05, 4.69) is 10.3 Å². The molecule has 0 saturated carbocycles. The lowest BCUT2D eigenvalue weighted by atomic mass is 10.2. The van der Waals surface area contributed by atoms with Crippen LogP contribution in [0, 0.1) is 0 Å². The van der Waals surface area contributed by atoms with Gasteiger partial charge in [0.05, 0.1) is 23.5 Å². The van der Waals surface area contributed by atoms with Gasteiger partial charge < -0.3 is 10.1 Å². The minimum Gasteiger partial charge on any atom is -0.447 e. The molecule has 1 aliphatic rings. The smallest absolute Gasteiger partial charge is 0.414 e. The maximum Gasteiger partial charge on any atom is 0.414 e. The van der Waals surface area contributed by atoms with Crippen molar-refractivity contribution >= 4 is 46.6 Å². The zero-order chi connectivity index (χ0) is 16.4. The molecule has 2 aromatic rings. The topological polar surface area (TPSA) is 71.5 Å². The van der Waals surface area contributed by atoms with Crippen LogP contribution < -0.4 is 10.2 Å². The summed E-state index contributed by atoms with van der Waals surface area (Å²) in [7, 11) is 0. The van der Waals surface area contributed by atoms with E-state index in [0.29, 0.717) is 24.5 Å². The number of amides is 2. The van der Waals surface area contributed by atoms with E-state index in [1.54, 1.807) is 24.3 Å². The highest BCUT2D eigenvalue weighted by molar-refractivity contribution is 6.35. The van der Waals surface area contributed by atoms with Gasteiger partial charge in [-0.25, -0.2) is 9.78 Å². The fourth-order valence-corrected chi connectivity index (χ4v) is 2.63. The van der Waals surface area contributed by atoms with Gasteiger partial charge in [-0.05, 0) is 24.3 Å². The van der Waals surface area contributed by atoms with E-state index in [1.165, 1.54) is 17.0 Å². The molecule has 6 nitrogen and oxygen atoms in total. The monoisotopic (exact) mass is 351 g/mol. The maximum atomic E-state index is 12.4. The Kier molecular flexibility index (Phi) is 4.36.